The van der Waals surface area contributed by atoms with Gasteiger partial charge in [0.25, 0.3) is 5.91 Å². The van der Waals surface area contributed by atoms with Crippen molar-refractivity contribution in [3.05, 3.63) is 54.2 Å². The van der Waals surface area contributed by atoms with Gasteiger partial charge in [-0.3, -0.25) is 4.79 Å². The Bertz CT molecular complexity index is 1080. The van der Waals surface area contributed by atoms with Crippen molar-refractivity contribution in [3.8, 4) is 17.3 Å². The van der Waals surface area contributed by atoms with E-state index in [9.17, 15) is 4.79 Å². The molecule has 0 saturated carbocycles. The van der Waals surface area contributed by atoms with Crippen LogP contribution in [0.2, 0.25) is 0 Å². The number of aryl methyl sites for hydroxylation is 1. The minimum Gasteiger partial charge on any atom is -0.497 e. The summed E-state index contributed by atoms with van der Waals surface area (Å²) in [7, 11) is 3.50. The Morgan fingerprint density at radius 1 is 1.35 bits per heavy atom. The SMILES string of the molecule is COc1ccc2cc(C(=O)NCc3nc(-c4cccn4C)no3)[nH]c2c1. The maximum Gasteiger partial charge on any atom is 0.268 e. The summed E-state index contributed by atoms with van der Waals surface area (Å²) >= 11 is 0. The third-order valence-corrected chi connectivity index (χ3v) is 4.12. The number of fused-ring (bicyclic) bond motifs is 1. The molecule has 4 aromatic rings. The van der Waals surface area contributed by atoms with Crippen molar-refractivity contribution in [3.63, 3.8) is 0 Å². The van der Waals surface area contributed by atoms with E-state index < -0.39 is 0 Å². The van der Waals surface area contributed by atoms with E-state index in [1.807, 2.05) is 48.1 Å². The fraction of sp³-hybridized carbons (Fsp3) is 0.167. The zero-order valence-corrected chi connectivity index (χ0v) is 14.3. The number of aromatic amines is 1. The molecule has 0 aliphatic heterocycles. The second-order valence-electron chi connectivity index (χ2n) is 5.83. The van der Waals surface area contributed by atoms with Crippen LogP contribution in [0, 0.1) is 0 Å². The second kappa shape index (κ2) is 6.40. The first-order chi connectivity index (χ1) is 12.6. The molecule has 8 heteroatoms. The molecular formula is C18H17N5O3. The highest BCUT2D eigenvalue weighted by Crippen LogP contribution is 2.21. The average molecular weight is 351 g/mol. The minimum atomic E-state index is -0.251. The van der Waals surface area contributed by atoms with Gasteiger partial charge in [0.15, 0.2) is 0 Å². The lowest BCUT2D eigenvalue weighted by Gasteiger charge is -1.99. The van der Waals surface area contributed by atoms with Crippen LogP contribution < -0.4 is 10.1 Å². The number of methoxy groups -OCH3 is 1. The molecule has 0 spiro atoms. The Balaban J connectivity index is 1.46. The lowest BCUT2D eigenvalue weighted by molar-refractivity contribution is 0.0942. The molecule has 1 amide bonds. The van der Waals surface area contributed by atoms with Crippen molar-refractivity contribution >= 4 is 16.8 Å². The zero-order chi connectivity index (χ0) is 18.1. The smallest absolute Gasteiger partial charge is 0.268 e. The predicted octanol–water partition coefficient (Wildman–Crippen LogP) is 2.50. The van der Waals surface area contributed by atoms with Gasteiger partial charge in [-0.25, -0.2) is 0 Å². The molecule has 3 aromatic heterocycles. The number of carbonyl (C=O) groups excluding carboxylic acids is 1. The quantitative estimate of drug-likeness (QED) is 0.576. The Kier molecular flexibility index (Phi) is 3.92. The van der Waals surface area contributed by atoms with Crippen molar-refractivity contribution in [1.82, 2.24) is 25.0 Å². The molecule has 0 aliphatic rings. The highest BCUT2D eigenvalue weighted by Gasteiger charge is 2.14. The number of nitrogens with zero attached hydrogens (tertiary/aromatic N) is 3. The van der Waals surface area contributed by atoms with E-state index in [0.717, 1.165) is 22.3 Å². The van der Waals surface area contributed by atoms with Crippen molar-refractivity contribution < 1.29 is 14.1 Å². The summed E-state index contributed by atoms with van der Waals surface area (Å²) in [6.45, 7) is 0.148. The number of benzene rings is 1. The number of rotatable bonds is 5. The van der Waals surface area contributed by atoms with Gasteiger partial charge < -0.3 is 24.1 Å². The van der Waals surface area contributed by atoms with Crippen LogP contribution >= 0.6 is 0 Å². The fourth-order valence-electron chi connectivity index (χ4n) is 2.73. The Labute approximate surface area is 148 Å². The number of ether oxygens (including phenoxy) is 1. The largest absolute Gasteiger partial charge is 0.497 e. The molecular weight excluding hydrogens is 334 g/mol. The summed E-state index contributed by atoms with van der Waals surface area (Å²) < 4.78 is 12.3. The third kappa shape index (κ3) is 2.92. The number of hydrogen-bond acceptors (Lipinski definition) is 5. The first-order valence-corrected chi connectivity index (χ1v) is 8.03. The van der Waals surface area contributed by atoms with Crippen LogP contribution in [0.3, 0.4) is 0 Å². The summed E-state index contributed by atoms with van der Waals surface area (Å²) in [6, 6.07) is 11.2. The lowest BCUT2D eigenvalue weighted by atomic mass is 10.2. The normalized spacial score (nSPS) is 11.0. The number of H-pyrrole nitrogens is 1. The van der Waals surface area contributed by atoms with E-state index >= 15 is 0 Å². The molecule has 0 bridgehead atoms. The summed E-state index contributed by atoms with van der Waals surface area (Å²) in [5.41, 5.74) is 2.13. The topological polar surface area (TPSA) is 98.0 Å². The number of carbonyl (C=O) groups is 1. The summed E-state index contributed by atoms with van der Waals surface area (Å²) in [4.78, 5) is 19.7. The minimum absolute atomic E-state index is 0.148. The van der Waals surface area contributed by atoms with Gasteiger partial charge in [0.2, 0.25) is 11.7 Å². The van der Waals surface area contributed by atoms with Crippen LogP contribution in [-0.4, -0.2) is 32.7 Å². The van der Waals surface area contributed by atoms with E-state index in [1.165, 1.54) is 0 Å². The van der Waals surface area contributed by atoms with Gasteiger partial charge in [-0.15, -0.1) is 0 Å². The third-order valence-electron chi connectivity index (χ3n) is 4.12. The van der Waals surface area contributed by atoms with Crippen LogP contribution in [0.1, 0.15) is 16.4 Å². The summed E-state index contributed by atoms with van der Waals surface area (Å²) in [6.07, 6.45) is 1.90. The van der Waals surface area contributed by atoms with Crippen molar-refractivity contribution in [2.24, 2.45) is 7.05 Å². The molecule has 0 fully saturated rings. The van der Waals surface area contributed by atoms with E-state index in [1.54, 1.807) is 13.2 Å². The van der Waals surface area contributed by atoms with E-state index in [0.29, 0.717) is 17.4 Å². The Morgan fingerprint density at radius 2 is 2.23 bits per heavy atom. The van der Waals surface area contributed by atoms with Gasteiger partial charge >= 0.3 is 0 Å². The molecule has 2 N–H and O–H groups in total. The standard InChI is InChI=1S/C18H17N5O3/c1-23-7-3-4-15(23)17-21-16(26-22-17)10-19-18(24)14-8-11-5-6-12(25-2)9-13(11)20-14/h3-9,20H,10H2,1-2H3,(H,19,24). The molecule has 0 atom stereocenters. The van der Waals surface area contributed by atoms with Crippen LogP contribution in [0.5, 0.6) is 5.75 Å². The number of amides is 1. The van der Waals surface area contributed by atoms with Gasteiger partial charge in [-0.1, -0.05) is 5.16 Å². The molecule has 4 rings (SSSR count). The number of nitrogens with one attached hydrogen (secondary N) is 2. The Hall–Kier alpha value is -3.55. The number of hydrogen-bond donors (Lipinski definition) is 2. The van der Waals surface area contributed by atoms with E-state index in [-0.39, 0.29) is 12.5 Å². The molecule has 0 unspecified atom stereocenters. The maximum atomic E-state index is 12.4. The predicted molar refractivity (Wildman–Crippen MR) is 94.7 cm³/mol. The fourth-order valence-corrected chi connectivity index (χ4v) is 2.73. The van der Waals surface area contributed by atoms with Crippen molar-refractivity contribution in [2.45, 2.75) is 6.54 Å². The first-order valence-electron chi connectivity index (χ1n) is 8.03. The van der Waals surface area contributed by atoms with Crippen LogP contribution in [0.15, 0.2) is 47.1 Å². The van der Waals surface area contributed by atoms with Gasteiger partial charge in [0, 0.05) is 30.2 Å². The molecule has 8 nitrogen and oxygen atoms in total. The molecule has 0 aliphatic carbocycles. The van der Waals surface area contributed by atoms with Gasteiger partial charge in [-0.05, 0) is 30.3 Å². The lowest BCUT2D eigenvalue weighted by Crippen LogP contribution is -2.23. The number of aromatic nitrogens is 4. The maximum absolute atomic E-state index is 12.4. The highest BCUT2D eigenvalue weighted by molar-refractivity contribution is 5.98. The molecule has 0 radical (unpaired) electrons. The van der Waals surface area contributed by atoms with Gasteiger partial charge in [-0.2, -0.15) is 4.98 Å². The average Bonchev–Trinajstić information content (AvgIpc) is 3.37. The molecule has 0 saturated heterocycles. The second-order valence-corrected chi connectivity index (χ2v) is 5.83. The van der Waals surface area contributed by atoms with E-state index in [2.05, 4.69) is 20.4 Å². The molecule has 132 valence electrons. The zero-order valence-electron chi connectivity index (χ0n) is 14.3. The first kappa shape index (κ1) is 15.9. The molecule has 1 aromatic carbocycles. The van der Waals surface area contributed by atoms with Gasteiger partial charge in [0.1, 0.15) is 11.4 Å². The van der Waals surface area contributed by atoms with Crippen LogP contribution in [0.4, 0.5) is 0 Å². The Morgan fingerprint density at radius 3 is 3.00 bits per heavy atom. The van der Waals surface area contributed by atoms with Crippen LogP contribution in [0.25, 0.3) is 22.4 Å². The van der Waals surface area contributed by atoms with Crippen molar-refractivity contribution in [1.29, 1.82) is 0 Å². The van der Waals surface area contributed by atoms with Crippen molar-refractivity contribution in [2.75, 3.05) is 7.11 Å². The molecule has 3 heterocycles. The summed E-state index contributed by atoms with van der Waals surface area (Å²) in [5, 5.41) is 7.65. The summed E-state index contributed by atoms with van der Waals surface area (Å²) in [5.74, 6) is 1.30. The monoisotopic (exact) mass is 351 g/mol. The van der Waals surface area contributed by atoms with E-state index in [4.69, 9.17) is 9.26 Å². The van der Waals surface area contributed by atoms with Crippen LogP contribution in [-0.2, 0) is 13.6 Å². The molecule has 26 heavy (non-hydrogen) atoms. The van der Waals surface area contributed by atoms with Gasteiger partial charge in [0.05, 0.1) is 19.3 Å². The highest BCUT2D eigenvalue weighted by atomic mass is 16.5.